The lowest BCUT2D eigenvalue weighted by Gasteiger charge is -2.09. The van der Waals surface area contributed by atoms with Crippen molar-refractivity contribution in [3.05, 3.63) is 69.5 Å². The van der Waals surface area contributed by atoms with Crippen LogP contribution in [-0.4, -0.2) is 31.8 Å². The molecule has 0 aliphatic rings. The lowest BCUT2D eigenvalue weighted by Crippen LogP contribution is -2.28. The molecule has 4 rings (SSSR count). The van der Waals surface area contributed by atoms with Crippen LogP contribution in [0.2, 0.25) is 0 Å². The molecule has 0 unspecified atom stereocenters. The van der Waals surface area contributed by atoms with E-state index in [2.05, 4.69) is 26.3 Å². The Hall–Kier alpha value is -3.86. The Morgan fingerprint density at radius 2 is 2.14 bits per heavy atom. The van der Waals surface area contributed by atoms with Gasteiger partial charge >= 0.3 is 0 Å². The summed E-state index contributed by atoms with van der Waals surface area (Å²) in [6.45, 7) is 2.25. The smallest absolute Gasteiger partial charge is 0.260 e. The van der Waals surface area contributed by atoms with Crippen molar-refractivity contribution in [3.8, 4) is 6.07 Å². The molecule has 1 amide bonds. The van der Waals surface area contributed by atoms with Gasteiger partial charge in [0.2, 0.25) is 5.91 Å². The minimum Gasteiger partial charge on any atom is -0.356 e. The highest BCUT2D eigenvalue weighted by molar-refractivity contribution is 5.83. The molecule has 1 aromatic carbocycles. The van der Waals surface area contributed by atoms with Gasteiger partial charge in [-0.2, -0.15) is 5.26 Å². The predicted molar refractivity (Wildman–Crippen MR) is 109 cm³/mol. The van der Waals surface area contributed by atoms with Crippen LogP contribution in [0.1, 0.15) is 28.8 Å². The number of hydrogen-bond acceptors (Lipinski definition) is 4. The fourth-order valence-corrected chi connectivity index (χ4v) is 3.60. The lowest BCUT2D eigenvalue weighted by atomic mass is 10.0. The number of nitrogens with one attached hydrogen (secondary N) is 3. The first kappa shape index (κ1) is 18.5. The van der Waals surface area contributed by atoms with E-state index >= 15 is 0 Å². The monoisotopic (exact) mass is 388 g/mol. The number of imidazole rings is 2. The Kier molecular flexibility index (Phi) is 4.87. The number of nitriles is 1. The van der Waals surface area contributed by atoms with E-state index in [1.54, 1.807) is 19.4 Å². The Morgan fingerprint density at radius 3 is 2.90 bits per heavy atom. The normalized spacial score (nSPS) is 11.0. The Balaban J connectivity index is 1.58. The summed E-state index contributed by atoms with van der Waals surface area (Å²) in [6.07, 6.45) is 4.43. The standard InChI is InChI=1S/C21H20N6O2/c1-13-15(6-7-19(28)24-9-8-14-11-23-12-25-14)21(29)27-18-5-3-2-4-17(18)26-20(27)16(13)10-22/h2-5,11-12,26H,6-9H2,1H3,(H,23,25)(H,24,28). The summed E-state index contributed by atoms with van der Waals surface area (Å²) in [5.41, 5.74) is 4.28. The van der Waals surface area contributed by atoms with Gasteiger partial charge in [0.15, 0.2) is 0 Å². The van der Waals surface area contributed by atoms with E-state index in [9.17, 15) is 14.9 Å². The van der Waals surface area contributed by atoms with E-state index in [-0.39, 0.29) is 24.3 Å². The molecule has 0 bridgehead atoms. The number of amides is 1. The fraction of sp³-hybridized carbons (Fsp3) is 0.238. The third kappa shape index (κ3) is 3.38. The van der Waals surface area contributed by atoms with Crippen LogP contribution in [0, 0.1) is 18.3 Å². The molecule has 0 spiro atoms. The minimum atomic E-state index is -0.195. The largest absolute Gasteiger partial charge is 0.356 e. The third-order valence-corrected chi connectivity index (χ3v) is 5.13. The molecule has 0 radical (unpaired) electrons. The first-order chi connectivity index (χ1) is 14.1. The lowest BCUT2D eigenvalue weighted by molar-refractivity contribution is -0.121. The number of carbonyl (C=O) groups excluding carboxylic acids is 1. The maximum Gasteiger partial charge on any atom is 0.260 e. The van der Waals surface area contributed by atoms with Gasteiger partial charge in [-0.05, 0) is 31.0 Å². The molecule has 0 atom stereocenters. The quantitative estimate of drug-likeness (QED) is 0.468. The van der Waals surface area contributed by atoms with Crippen molar-refractivity contribution in [1.82, 2.24) is 24.7 Å². The van der Waals surface area contributed by atoms with Gasteiger partial charge in [-0.15, -0.1) is 0 Å². The van der Waals surface area contributed by atoms with Crippen LogP contribution in [0.15, 0.2) is 41.6 Å². The van der Waals surface area contributed by atoms with Gasteiger partial charge in [-0.1, -0.05) is 12.1 Å². The number of H-pyrrole nitrogens is 2. The summed E-state index contributed by atoms with van der Waals surface area (Å²) in [4.78, 5) is 35.5. The molecular weight excluding hydrogens is 368 g/mol. The number of pyridine rings is 1. The van der Waals surface area contributed by atoms with Crippen LogP contribution in [0.3, 0.4) is 0 Å². The van der Waals surface area contributed by atoms with Crippen molar-refractivity contribution in [1.29, 1.82) is 5.26 Å². The van der Waals surface area contributed by atoms with Gasteiger partial charge in [0.1, 0.15) is 11.7 Å². The van der Waals surface area contributed by atoms with Crippen LogP contribution in [0.25, 0.3) is 16.7 Å². The first-order valence-electron chi connectivity index (χ1n) is 9.39. The summed E-state index contributed by atoms with van der Waals surface area (Å²) in [5.74, 6) is -0.133. The van der Waals surface area contributed by atoms with Crippen molar-refractivity contribution in [3.63, 3.8) is 0 Å². The van der Waals surface area contributed by atoms with E-state index in [0.29, 0.717) is 40.8 Å². The van der Waals surface area contributed by atoms with Crippen LogP contribution in [0.4, 0.5) is 0 Å². The maximum absolute atomic E-state index is 13.2. The van der Waals surface area contributed by atoms with Crippen molar-refractivity contribution < 1.29 is 4.79 Å². The SMILES string of the molecule is Cc1c(CCC(=O)NCCc2cnc[nH]2)c(=O)n2c([nH]c3ccccc32)c1C#N. The van der Waals surface area contributed by atoms with Crippen LogP contribution < -0.4 is 10.9 Å². The highest BCUT2D eigenvalue weighted by Crippen LogP contribution is 2.21. The third-order valence-electron chi connectivity index (χ3n) is 5.13. The molecule has 8 heteroatoms. The number of benzene rings is 1. The molecular formula is C21H20N6O2. The second-order valence-electron chi connectivity index (χ2n) is 6.90. The van der Waals surface area contributed by atoms with Crippen molar-refractivity contribution in [2.75, 3.05) is 6.54 Å². The number of para-hydroxylation sites is 2. The molecule has 3 heterocycles. The summed E-state index contributed by atoms with van der Waals surface area (Å²) < 4.78 is 1.53. The summed E-state index contributed by atoms with van der Waals surface area (Å²) in [6, 6.07) is 9.62. The van der Waals surface area contributed by atoms with Crippen LogP contribution in [0.5, 0.6) is 0 Å². The number of fused-ring (bicyclic) bond motifs is 3. The van der Waals surface area contributed by atoms with Gasteiger partial charge < -0.3 is 15.3 Å². The maximum atomic E-state index is 13.2. The van der Waals surface area contributed by atoms with Crippen LogP contribution in [-0.2, 0) is 17.6 Å². The van der Waals surface area contributed by atoms with Crippen molar-refractivity contribution >= 4 is 22.6 Å². The second-order valence-corrected chi connectivity index (χ2v) is 6.90. The van der Waals surface area contributed by atoms with Gasteiger partial charge in [0.25, 0.3) is 5.56 Å². The molecule has 0 aliphatic heterocycles. The Bertz CT molecular complexity index is 1290. The van der Waals surface area contributed by atoms with E-state index in [4.69, 9.17) is 0 Å². The van der Waals surface area contributed by atoms with Gasteiger partial charge in [-0.3, -0.25) is 14.0 Å². The highest BCUT2D eigenvalue weighted by atomic mass is 16.1. The van der Waals surface area contributed by atoms with Gasteiger partial charge in [0, 0.05) is 36.8 Å². The molecule has 8 nitrogen and oxygen atoms in total. The van der Waals surface area contributed by atoms with Gasteiger partial charge in [-0.25, -0.2) is 4.98 Å². The summed E-state index contributed by atoms with van der Waals surface area (Å²) in [7, 11) is 0. The first-order valence-corrected chi connectivity index (χ1v) is 9.39. The number of carbonyl (C=O) groups is 1. The second kappa shape index (κ2) is 7.64. The number of hydrogen-bond donors (Lipinski definition) is 3. The number of rotatable bonds is 6. The number of aromatic amines is 2. The van der Waals surface area contributed by atoms with Gasteiger partial charge in [0.05, 0.1) is 22.9 Å². The average Bonchev–Trinajstić information content (AvgIpc) is 3.36. The van der Waals surface area contributed by atoms with E-state index < -0.39 is 0 Å². The number of aromatic nitrogens is 4. The predicted octanol–water partition coefficient (Wildman–Crippen LogP) is 1.98. The molecule has 0 aliphatic carbocycles. The molecule has 146 valence electrons. The zero-order valence-electron chi connectivity index (χ0n) is 16.0. The van der Waals surface area contributed by atoms with E-state index in [1.807, 2.05) is 24.3 Å². The zero-order chi connectivity index (χ0) is 20.4. The average molecular weight is 388 g/mol. The fourth-order valence-electron chi connectivity index (χ4n) is 3.60. The van der Waals surface area contributed by atoms with E-state index in [0.717, 1.165) is 11.2 Å². The molecule has 0 fully saturated rings. The molecule has 3 N–H and O–H groups in total. The van der Waals surface area contributed by atoms with E-state index in [1.165, 1.54) is 4.40 Å². The Labute approximate surface area is 166 Å². The molecule has 3 aromatic heterocycles. The molecule has 0 saturated heterocycles. The summed E-state index contributed by atoms with van der Waals surface area (Å²) in [5, 5.41) is 12.5. The molecule has 0 saturated carbocycles. The molecule has 4 aromatic rings. The molecule has 29 heavy (non-hydrogen) atoms. The number of nitrogens with zero attached hydrogens (tertiary/aromatic N) is 3. The zero-order valence-corrected chi connectivity index (χ0v) is 16.0. The Morgan fingerprint density at radius 1 is 1.31 bits per heavy atom. The van der Waals surface area contributed by atoms with Crippen LogP contribution >= 0.6 is 0 Å². The van der Waals surface area contributed by atoms with Crippen molar-refractivity contribution in [2.45, 2.75) is 26.2 Å². The topological polar surface area (TPSA) is 119 Å². The van der Waals surface area contributed by atoms with Crippen molar-refractivity contribution in [2.24, 2.45) is 0 Å². The summed E-state index contributed by atoms with van der Waals surface area (Å²) >= 11 is 0. The highest BCUT2D eigenvalue weighted by Gasteiger charge is 2.18. The minimum absolute atomic E-state index is 0.133.